The molecule has 0 unspecified atom stereocenters. The highest BCUT2D eigenvalue weighted by Gasteiger charge is 2.27. The molecule has 1 rings (SSSR count). The molecule has 1 aliphatic heterocycles. The lowest BCUT2D eigenvalue weighted by molar-refractivity contribution is -0.127. The van der Waals surface area contributed by atoms with Crippen LogP contribution in [0.1, 0.15) is 47.5 Å². The van der Waals surface area contributed by atoms with E-state index in [2.05, 4.69) is 0 Å². The number of Topliss-reactive ketones (excluding diaryl/α,β-unsaturated/α-hetero) is 1. The van der Waals surface area contributed by atoms with E-state index in [9.17, 15) is 9.59 Å². The van der Waals surface area contributed by atoms with Crippen LogP contribution in [0.3, 0.4) is 0 Å². The van der Waals surface area contributed by atoms with Crippen LogP contribution in [0.4, 0.5) is 4.79 Å². The van der Waals surface area contributed by atoms with Gasteiger partial charge in [-0.3, -0.25) is 4.79 Å². The molecular weight excluding hydrogens is 216 g/mol. The second-order valence-electron chi connectivity index (χ2n) is 5.65. The normalized spacial score (nSPS) is 17.5. The smallest absolute Gasteiger partial charge is 0.314 e. The number of ketones is 1. The predicted molar refractivity (Wildman–Crippen MR) is 69.7 cm³/mol. The summed E-state index contributed by atoms with van der Waals surface area (Å²) >= 11 is 0. The number of nitrogens with two attached hydrogens (primary N) is 1. The third-order valence-corrected chi connectivity index (χ3v) is 3.24. The molecule has 4 nitrogen and oxygen atoms in total. The fourth-order valence-corrected chi connectivity index (χ4v) is 1.93. The summed E-state index contributed by atoms with van der Waals surface area (Å²) in [4.78, 5) is 24.4. The Balaban J connectivity index is 0.00000256. The van der Waals surface area contributed by atoms with Crippen LogP contribution in [-0.4, -0.2) is 29.8 Å². The molecule has 1 saturated heterocycles. The van der Waals surface area contributed by atoms with Gasteiger partial charge in [0.25, 0.3) is 0 Å². The van der Waals surface area contributed by atoms with Gasteiger partial charge in [-0.1, -0.05) is 28.2 Å². The lowest BCUT2D eigenvalue weighted by Crippen LogP contribution is -2.42. The van der Waals surface area contributed by atoms with Crippen molar-refractivity contribution in [2.24, 2.45) is 17.1 Å². The van der Waals surface area contributed by atoms with E-state index in [1.807, 2.05) is 20.8 Å². The second-order valence-corrected chi connectivity index (χ2v) is 5.65. The third kappa shape index (κ3) is 4.75. The molecule has 2 N–H and O–H groups in total. The Bertz CT molecular complexity index is 274. The van der Waals surface area contributed by atoms with Crippen LogP contribution >= 0.6 is 0 Å². The van der Waals surface area contributed by atoms with Gasteiger partial charge in [0.15, 0.2) is 0 Å². The van der Waals surface area contributed by atoms with Crippen molar-refractivity contribution in [3.8, 4) is 0 Å². The molecule has 2 amide bonds. The molecule has 1 fully saturated rings. The van der Waals surface area contributed by atoms with Crippen LogP contribution in [0.15, 0.2) is 0 Å². The van der Waals surface area contributed by atoms with E-state index < -0.39 is 0 Å². The first-order valence-corrected chi connectivity index (χ1v) is 5.88. The Hall–Kier alpha value is -1.06. The average molecular weight is 242 g/mol. The van der Waals surface area contributed by atoms with Crippen LogP contribution < -0.4 is 5.73 Å². The third-order valence-electron chi connectivity index (χ3n) is 3.24. The maximum atomic E-state index is 11.8. The first kappa shape index (κ1) is 15.9. The van der Waals surface area contributed by atoms with Gasteiger partial charge in [-0.25, -0.2) is 4.79 Å². The van der Waals surface area contributed by atoms with Gasteiger partial charge in [0.1, 0.15) is 5.78 Å². The van der Waals surface area contributed by atoms with E-state index in [1.165, 1.54) is 0 Å². The second kappa shape index (κ2) is 6.03. The maximum absolute atomic E-state index is 11.8. The monoisotopic (exact) mass is 242 g/mol. The topological polar surface area (TPSA) is 63.4 Å². The minimum absolute atomic E-state index is 0. The number of hydrogen-bond acceptors (Lipinski definition) is 2. The summed E-state index contributed by atoms with van der Waals surface area (Å²) in [5, 5.41) is 0. The van der Waals surface area contributed by atoms with Gasteiger partial charge in [-0.15, -0.1) is 0 Å². The van der Waals surface area contributed by atoms with Crippen molar-refractivity contribution in [2.45, 2.75) is 47.5 Å². The van der Waals surface area contributed by atoms with Crippen molar-refractivity contribution in [3.63, 3.8) is 0 Å². The van der Waals surface area contributed by atoms with E-state index in [0.29, 0.717) is 31.2 Å². The zero-order valence-corrected chi connectivity index (χ0v) is 10.5. The molecule has 0 spiro atoms. The molecule has 0 bridgehead atoms. The van der Waals surface area contributed by atoms with Crippen LogP contribution in [-0.2, 0) is 4.79 Å². The Morgan fingerprint density at radius 1 is 1.24 bits per heavy atom. The van der Waals surface area contributed by atoms with Gasteiger partial charge in [0, 0.05) is 24.9 Å². The lowest BCUT2D eigenvalue weighted by Gasteiger charge is -2.31. The van der Waals surface area contributed by atoms with Crippen LogP contribution in [0.25, 0.3) is 0 Å². The summed E-state index contributed by atoms with van der Waals surface area (Å²) < 4.78 is 0. The van der Waals surface area contributed by atoms with Gasteiger partial charge >= 0.3 is 6.03 Å². The number of hydrogen-bond donors (Lipinski definition) is 1. The molecule has 0 aromatic carbocycles. The van der Waals surface area contributed by atoms with E-state index >= 15 is 0 Å². The average Bonchev–Trinajstić information content (AvgIpc) is 2.17. The number of carbonyl (C=O) groups is 2. The number of amides is 2. The highest BCUT2D eigenvalue weighted by atomic mass is 16.2. The number of piperidine rings is 1. The Kier molecular flexibility index (Phi) is 5.66. The molecule has 0 saturated carbocycles. The van der Waals surface area contributed by atoms with E-state index in [0.717, 1.165) is 12.8 Å². The van der Waals surface area contributed by atoms with Crippen LogP contribution in [0, 0.1) is 11.3 Å². The number of primary amides is 1. The van der Waals surface area contributed by atoms with Crippen molar-refractivity contribution in [3.05, 3.63) is 0 Å². The summed E-state index contributed by atoms with van der Waals surface area (Å²) in [6, 6.07) is -0.347. The standard InChI is InChI=1S/C12H22N2O2.CH4/c1-12(2,3)10(15)8-9-4-6-14(7-5-9)11(13)16;/h9H,4-8H2,1-3H3,(H2,13,16);1H4. The molecule has 0 aromatic rings. The van der Waals surface area contributed by atoms with E-state index in [4.69, 9.17) is 5.73 Å². The van der Waals surface area contributed by atoms with Crippen molar-refractivity contribution < 1.29 is 9.59 Å². The Labute approximate surface area is 105 Å². The molecule has 1 heterocycles. The highest BCUT2D eigenvalue weighted by molar-refractivity contribution is 5.83. The molecular formula is C13H26N2O2. The fraction of sp³-hybridized carbons (Fsp3) is 0.846. The molecule has 0 radical (unpaired) electrons. The summed E-state index contributed by atoms with van der Waals surface area (Å²) in [7, 11) is 0. The molecule has 1 aliphatic rings. The summed E-state index contributed by atoms with van der Waals surface area (Å²) in [5.41, 5.74) is 4.95. The number of nitrogens with zero attached hydrogens (tertiary/aromatic N) is 1. The molecule has 0 atom stereocenters. The van der Waals surface area contributed by atoms with Gasteiger partial charge in [0.2, 0.25) is 0 Å². The summed E-state index contributed by atoms with van der Waals surface area (Å²) in [6.45, 7) is 7.24. The SMILES string of the molecule is C.CC(C)(C)C(=O)CC1CCN(C(N)=O)CC1. The molecule has 4 heteroatoms. The van der Waals surface area contributed by atoms with E-state index in [-0.39, 0.29) is 18.9 Å². The van der Waals surface area contributed by atoms with Crippen molar-refractivity contribution in [2.75, 3.05) is 13.1 Å². The van der Waals surface area contributed by atoms with Gasteiger partial charge in [-0.05, 0) is 18.8 Å². The summed E-state index contributed by atoms with van der Waals surface area (Å²) in [5.74, 6) is 0.729. The number of likely N-dealkylation sites (tertiary alicyclic amines) is 1. The van der Waals surface area contributed by atoms with Crippen LogP contribution in [0.2, 0.25) is 0 Å². The largest absolute Gasteiger partial charge is 0.351 e. The summed E-state index contributed by atoms with van der Waals surface area (Å²) in [6.07, 6.45) is 2.42. The van der Waals surface area contributed by atoms with Gasteiger partial charge in [-0.2, -0.15) is 0 Å². The van der Waals surface area contributed by atoms with Gasteiger partial charge in [0.05, 0.1) is 0 Å². The lowest BCUT2D eigenvalue weighted by atomic mass is 9.82. The quantitative estimate of drug-likeness (QED) is 0.808. The molecule has 100 valence electrons. The number of urea groups is 1. The number of rotatable bonds is 2. The first-order valence-electron chi connectivity index (χ1n) is 5.88. The zero-order chi connectivity index (χ0) is 12.3. The maximum Gasteiger partial charge on any atom is 0.314 e. The van der Waals surface area contributed by atoms with E-state index in [1.54, 1.807) is 4.90 Å². The van der Waals surface area contributed by atoms with Crippen molar-refractivity contribution in [1.29, 1.82) is 0 Å². The zero-order valence-electron chi connectivity index (χ0n) is 10.5. The van der Waals surface area contributed by atoms with Crippen molar-refractivity contribution >= 4 is 11.8 Å². The first-order chi connectivity index (χ1) is 7.30. The van der Waals surface area contributed by atoms with Crippen LogP contribution in [0.5, 0.6) is 0 Å². The van der Waals surface area contributed by atoms with Gasteiger partial charge < -0.3 is 10.6 Å². The predicted octanol–water partition coefficient (Wildman–Crippen LogP) is 2.42. The van der Waals surface area contributed by atoms with Crippen molar-refractivity contribution in [1.82, 2.24) is 4.90 Å². The Morgan fingerprint density at radius 2 is 1.71 bits per heavy atom. The fourth-order valence-electron chi connectivity index (χ4n) is 1.93. The Morgan fingerprint density at radius 3 is 2.06 bits per heavy atom. The highest BCUT2D eigenvalue weighted by Crippen LogP contribution is 2.26. The molecule has 0 aromatic heterocycles. The minimum Gasteiger partial charge on any atom is -0.351 e. The molecule has 17 heavy (non-hydrogen) atoms. The minimum atomic E-state index is -0.347. The molecule has 0 aliphatic carbocycles. The number of carbonyl (C=O) groups excluding carboxylic acids is 2.